The van der Waals surface area contributed by atoms with Crippen LogP contribution < -0.4 is 10.2 Å². The number of carboxylic acids is 3. The van der Waals surface area contributed by atoms with E-state index in [1.165, 1.54) is 19.4 Å². The van der Waals surface area contributed by atoms with Crippen LogP contribution in [-0.4, -0.2) is 44.9 Å². The molecular weight excluding hydrogens is 377 g/mol. The van der Waals surface area contributed by atoms with Gasteiger partial charge in [-0.15, -0.1) is 0 Å². The number of pyridine rings is 1. The molecular formula is C18H20FNO8. The second-order valence-corrected chi connectivity index (χ2v) is 5.83. The maximum Gasteiger partial charge on any atom is 0.341 e. The Balaban J connectivity index is 0.000000420. The third-order valence-corrected chi connectivity index (χ3v) is 3.47. The van der Waals surface area contributed by atoms with Gasteiger partial charge in [-0.1, -0.05) is 0 Å². The highest BCUT2D eigenvalue weighted by Crippen LogP contribution is 2.39. The number of halogens is 1. The zero-order valence-corrected chi connectivity index (χ0v) is 15.4. The lowest BCUT2D eigenvalue weighted by molar-refractivity contribution is -0.135. The van der Waals surface area contributed by atoms with Gasteiger partial charge >= 0.3 is 5.97 Å². The number of hydrogen-bond acceptors (Lipinski definition) is 5. The molecule has 9 nitrogen and oxygen atoms in total. The SMILES string of the molecule is CC(=O)O.CC(=O)O.COc1c(F)ccc2c(=O)c(C(=O)O)cn(C3CC3)c12. The average Bonchev–Trinajstić information content (AvgIpc) is 3.38. The van der Waals surface area contributed by atoms with Gasteiger partial charge in [0.15, 0.2) is 11.6 Å². The number of ether oxygens (including phenoxy) is 1. The van der Waals surface area contributed by atoms with Gasteiger partial charge in [-0.05, 0) is 25.0 Å². The summed E-state index contributed by atoms with van der Waals surface area (Å²) in [5.41, 5.74) is -0.606. The van der Waals surface area contributed by atoms with Crippen molar-refractivity contribution in [1.29, 1.82) is 0 Å². The highest BCUT2D eigenvalue weighted by Gasteiger charge is 2.28. The molecule has 10 heteroatoms. The first-order valence-corrected chi connectivity index (χ1v) is 8.04. The summed E-state index contributed by atoms with van der Waals surface area (Å²) in [6.07, 6.45) is 3.03. The minimum absolute atomic E-state index is 0.0246. The molecule has 0 aliphatic heterocycles. The lowest BCUT2D eigenvalue weighted by Gasteiger charge is -2.14. The maximum atomic E-state index is 13.8. The zero-order valence-electron chi connectivity index (χ0n) is 15.4. The van der Waals surface area contributed by atoms with E-state index >= 15 is 0 Å². The molecule has 0 atom stereocenters. The number of methoxy groups -OCH3 is 1. The number of aromatic nitrogens is 1. The number of carboxylic acid groups (broad SMARTS) is 3. The van der Waals surface area contributed by atoms with E-state index in [-0.39, 0.29) is 22.7 Å². The lowest BCUT2D eigenvalue weighted by atomic mass is 10.1. The van der Waals surface area contributed by atoms with Crippen molar-refractivity contribution in [1.82, 2.24) is 4.57 Å². The second kappa shape index (κ2) is 9.49. The molecule has 152 valence electrons. The molecule has 1 heterocycles. The monoisotopic (exact) mass is 397 g/mol. The fourth-order valence-corrected chi connectivity index (χ4v) is 2.38. The molecule has 1 aromatic carbocycles. The maximum absolute atomic E-state index is 13.8. The largest absolute Gasteiger partial charge is 0.492 e. The molecule has 1 aliphatic carbocycles. The Morgan fingerprint density at radius 2 is 1.61 bits per heavy atom. The van der Waals surface area contributed by atoms with Crippen LogP contribution in [0, 0.1) is 5.82 Å². The van der Waals surface area contributed by atoms with E-state index in [0.717, 1.165) is 32.8 Å². The van der Waals surface area contributed by atoms with Crippen molar-refractivity contribution in [3.8, 4) is 5.75 Å². The van der Waals surface area contributed by atoms with Gasteiger partial charge in [0, 0.05) is 26.1 Å². The molecule has 28 heavy (non-hydrogen) atoms. The summed E-state index contributed by atoms with van der Waals surface area (Å²) in [5, 5.41) is 24.1. The Hall–Kier alpha value is -3.43. The van der Waals surface area contributed by atoms with Crippen molar-refractivity contribution in [2.24, 2.45) is 0 Å². The lowest BCUT2D eigenvalue weighted by Crippen LogP contribution is -2.19. The molecule has 1 aliphatic rings. The molecule has 0 saturated heterocycles. The fraction of sp³-hybridized carbons (Fsp3) is 0.333. The zero-order chi connectivity index (χ0) is 21.6. The molecule has 2 aromatic rings. The van der Waals surface area contributed by atoms with E-state index in [1.54, 1.807) is 4.57 Å². The number of rotatable bonds is 3. The Morgan fingerprint density at radius 1 is 1.11 bits per heavy atom. The number of fused-ring (bicyclic) bond motifs is 1. The summed E-state index contributed by atoms with van der Waals surface area (Å²) in [6, 6.07) is 2.51. The second-order valence-electron chi connectivity index (χ2n) is 5.83. The van der Waals surface area contributed by atoms with E-state index in [9.17, 15) is 14.0 Å². The number of aliphatic carboxylic acids is 2. The van der Waals surface area contributed by atoms with Crippen LogP contribution in [0.3, 0.4) is 0 Å². The number of benzene rings is 1. The van der Waals surface area contributed by atoms with E-state index < -0.39 is 29.2 Å². The minimum Gasteiger partial charge on any atom is -0.492 e. The minimum atomic E-state index is -1.28. The Labute approximate surface area is 158 Å². The van der Waals surface area contributed by atoms with Crippen LogP contribution in [0.2, 0.25) is 0 Å². The predicted molar refractivity (Wildman–Crippen MR) is 96.6 cm³/mol. The van der Waals surface area contributed by atoms with Crippen molar-refractivity contribution in [2.75, 3.05) is 7.11 Å². The first-order valence-electron chi connectivity index (χ1n) is 8.04. The van der Waals surface area contributed by atoms with Gasteiger partial charge in [0.2, 0.25) is 5.43 Å². The average molecular weight is 397 g/mol. The molecule has 3 N–H and O–H groups in total. The molecule has 1 fully saturated rings. The molecule has 0 unspecified atom stereocenters. The van der Waals surface area contributed by atoms with Gasteiger partial charge in [0.25, 0.3) is 11.9 Å². The molecule has 3 rings (SSSR count). The van der Waals surface area contributed by atoms with Crippen molar-refractivity contribution in [2.45, 2.75) is 32.7 Å². The summed E-state index contributed by atoms with van der Waals surface area (Å²) in [5.74, 6) is -3.55. The summed E-state index contributed by atoms with van der Waals surface area (Å²) in [7, 11) is 1.32. The quantitative estimate of drug-likeness (QED) is 0.716. The van der Waals surface area contributed by atoms with Crippen molar-refractivity contribution < 1.29 is 38.8 Å². The van der Waals surface area contributed by atoms with Crippen molar-refractivity contribution in [3.63, 3.8) is 0 Å². The first kappa shape index (κ1) is 22.6. The Morgan fingerprint density at radius 3 is 2.00 bits per heavy atom. The predicted octanol–water partition coefficient (Wildman–Crippen LogP) is 2.36. The molecule has 0 spiro atoms. The van der Waals surface area contributed by atoms with Crippen LogP contribution in [0.1, 0.15) is 43.1 Å². The van der Waals surface area contributed by atoms with Crippen LogP contribution in [-0.2, 0) is 9.59 Å². The van der Waals surface area contributed by atoms with Crippen LogP contribution in [0.25, 0.3) is 10.9 Å². The Bertz CT molecular complexity index is 942. The van der Waals surface area contributed by atoms with E-state index in [2.05, 4.69) is 0 Å². The molecule has 0 bridgehead atoms. The fourth-order valence-electron chi connectivity index (χ4n) is 2.38. The third-order valence-electron chi connectivity index (χ3n) is 3.47. The van der Waals surface area contributed by atoms with Crippen molar-refractivity contribution >= 4 is 28.8 Å². The summed E-state index contributed by atoms with van der Waals surface area (Å²) >= 11 is 0. The van der Waals surface area contributed by atoms with Crippen molar-refractivity contribution in [3.05, 3.63) is 39.9 Å². The van der Waals surface area contributed by atoms with Gasteiger partial charge in [0.1, 0.15) is 5.56 Å². The highest BCUT2D eigenvalue weighted by atomic mass is 19.1. The first-order chi connectivity index (χ1) is 13.0. The van der Waals surface area contributed by atoms with Gasteiger partial charge in [-0.25, -0.2) is 9.18 Å². The van der Waals surface area contributed by atoms with Crippen LogP contribution in [0.4, 0.5) is 4.39 Å². The number of aromatic carboxylic acids is 1. The number of hydrogen-bond donors (Lipinski definition) is 3. The van der Waals surface area contributed by atoms with Gasteiger partial charge < -0.3 is 24.6 Å². The van der Waals surface area contributed by atoms with Crippen LogP contribution in [0.5, 0.6) is 5.75 Å². The van der Waals surface area contributed by atoms with Gasteiger partial charge in [-0.2, -0.15) is 0 Å². The summed E-state index contributed by atoms with van der Waals surface area (Å²) in [4.78, 5) is 41.3. The topological polar surface area (TPSA) is 143 Å². The standard InChI is InChI=1S/C14H12FNO4.2C2H4O2/c1-20-13-10(15)5-4-8-11(13)16(7-2-3-7)6-9(12(8)17)14(18)19;2*1-2(3)4/h4-7H,2-3H2,1H3,(H,18,19);2*1H3,(H,3,4). The molecule has 1 aromatic heterocycles. The smallest absolute Gasteiger partial charge is 0.341 e. The van der Waals surface area contributed by atoms with E-state index in [0.29, 0.717) is 5.52 Å². The third kappa shape index (κ3) is 5.79. The number of carbonyl (C=O) groups is 3. The normalized spacial score (nSPS) is 12.1. The summed E-state index contributed by atoms with van der Waals surface area (Å²) < 4.78 is 20.5. The number of nitrogens with zero attached hydrogens (tertiary/aromatic N) is 1. The van der Waals surface area contributed by atoms with Gasteiger partial charge in [-0.3, -0.25) is 14.4 Å². The van der Waals surface area contributed by atoms with Crippen LogP contribution in [0.15, 0.2) is 23.1 Å². The summed E-state index contributed by atoms with van der Waals surface area (Å²) in [6.45, 7) is 2.17. The highest BCUT2D eigenvalue weighted by molar-refractivity contribution is 5.94. The molecule has 0 radical (unpaired) electrons. The van der Waals surface area contributed by atoms with Crippen LogP contribution >= 0.6 is 0 Å². The molecule has 1 saturated carbocycles. The van der Waals surface area contributed by atoms with Gasteiger partial charge in [0.05, 0.1) is 18.0 Å². The Kier molecular flexibility index (Phi) is 7.66. The van der Waals surface area contributed by atoms with E-state index in [1.807, 2.05) is 0 Å². The van der Waals surface area contributed by atoms with E-state index in [4.69, 9.17) is 29.6 Å². The molecule has 0 amide bonds.